The monoisotopic (exact) mass is 194 g/mol. The second-order valence-corrected chi connectivity index (χ2v) is 3.40. The van der Waals surface area contributed by atoms with Crippen molar-refractivity contribution in [3.63, 3.8) is 0 Å². The highest BCUT2D eigenvalue weighted by atomic mass is 32.3. The molecule has 0 aromatic heterocycles. The Labute approximate surface area is 67.5 Å². The third-order valence-corrected chi connectivity index (χ3v) is 2.02. The smallest absolute Gasteiger partial charge is 0.332 e. The molecule has 0 saturated heterocycles. The molecule has 0 radical (unpaired) electrons. The summed E-state index contributed by atoms with van der Waals surface area (Å²) in [5, 5.41) is 8.66. The van der Waals surface area contributed by atoms with Gasteiger partial charge >= 0.3 is 10.2 Å². The summed E-state index contributed by atoms with van der Waals surface area (Å²) in [6, 6.07) is 1.90. The topological polar surface area (TPSA) is 54.4 Å². The first-order valence-corrected chi connectivity index (χ1v) is 4.23. The van der Waals surface area contributed by atoms with Crippen LogP contribution in [0.4, 0.5) is 8.28 Å². The molecule has 0 unspecified atom stereocenters. The summed E-state index contributed by atoms with van der Waals surface area (Å²) >= 11 is 0. The van der Waals surface area contributed by atoms with E-state index in [2.05, 4.69) is 0 Å². The minimum Gasteiger partial charge on any atom is -0.505 e. The van der Waals surface area contributed by atoms with Crippen LogP contribution in [0.15, 0.2) is 23.1 Å². The molecule has 0 amide bonds. The third kappa shape index (κ3) is 1.70. The van der Waals surface area contributed by atoms with E-state index >= 15 is 0 Å². The van der Waals surface area contributed by atoms with Crippen LogP contribution in [-0.4, -0.2) is 13.5 Å². The molecule has 0 atom stereocenters. The summed E-state index contributed by atoms with van der Waals surface area (Å²) in [7, 11) is -4.87. The maximum absolute atomic E-state index is 12.3. The van der Waals surface area contributed by atoms with Crippen molar-refractivity contribution >= 4 is 10.2 Å². The van der Waals surface area contributed by atoms with Crippen molar-refractivity contribution in [2.24, 2.45) is 0 Å². The number of hydrogen-bond acceptors (Lipinski definition) is 3. The van der Waals surface area contributed by atoms with Gasteiger partial charge in [-0.25, -0.2) is 4.39 Å². The molecule has 1 aromatic rings. The SMILES string of the molecule is O=S(=O)(F)c1ccc(F)c(O)c1. The lowest BCUT2D eigenvalue weighted by Gasteiger charge is -1.96. The van der Waals surface area contributed by atoms with Gasteiger partial charge in [-0.15, -0.1) is 3.89 Å². The molecule has 0 saturated carbocycles. The van der Waals surface area contributed by atoms with Crippen molar-refractivity contribution in [1.29, 1.82) is 0 Å². The fourth-order valence-corrected chi connectivity index (χ4v) is 1.13. The molecule has 0 aliphatic carbocycles. The van der Waals surface area contributed by atoms with Gasteiger partial charge in [0.15, 0.2) is 11.6 Å². The zero-order chi connectivity index (χ0) is 9.35. The molecule has 1 rings (SSSR count). The standard InChI is InChI=1S/C6H4F2O3S/c7-5-2-1-4(3-6(5)9)12(8,10)11/h1-3,9H. The molecule has 0 heterocycles. The molecule has 0 fully saturated rings. The van der Waals surface area contributed by atoms with Gasteiger partial charge in [-0.1, -0.05) is 0 Å². The van der Waals surface area contributed by atoms with Crippen molar-refractivity contribution < 1.29 is 21.8 Å². The van der Waals surface area contributed by atoms with Crippen LogP contribution in [0.25, 0.3) is 0 Å². The first-order valence-electron chi connectivity index (χ1n) is 2.84. The van der Waals surface area contributed by atoms with E-state index in [0.717, 1.165) is 6.07 Å². The van der Waals surface area contributed by atoms with Gasteiger partial charge in [0.2, 0.25) is 0 Å². The van der Waals surface area contributed by atoms with Gasteiger partial charge in [-0.05, 0) is 12.1 Å². The predicted octanol–water partition coefficient (Wildman–Crippen LogP) is 1.19. The van der Waals surface area contributed by atoms with E-state index in [1.54, 1.807) is 0 Å². The van der Waals surface area contributed by atoms with Crippen LogP contribution in [0.3, 0.4) is 0 Å². The average molecular weight is 194 g/mol. The van der Waals surface area contributed by atoms with Crippen molar-refractivity contribution in [2.45, 2.75) is 4.90 Å². The Balaban J connectivity index is 3.33. The Morgan fingerprint density at radius 2 is 1.92 bits per heavy atom. The lowest BCUT2D eigenvalue weighted by atomic mass is 10.3. The summed E-state index contributed by atoms with van der Waals surface area (Å²) in [5.74, 6) is -1.89. The Kier molecular flexibility index (Phi) is 2.01. The summed E-state index contributed by atoms with van der Waals surface area (Å²) in [6.07, 6.45) is 0. The van der Waals surface area contributed by atoms with Crippen LogP contribution >= 0.6 is 0 Å². The van der Waals surface area contributed by atoms with Crippen molar-refractivity contribution in [3.05, 3.63) is 24.0 Å². The van der Waals surface area contributed by atoms with Gasteiger partial charge in [0.05, 0.1) is 0 Å². The van der Waals surface area contributed by atoms with Gasteiger partial charge in [-0.3, -0.25) is 0 Å². The van der Waals surface area contributed by atoms with Gasteiger partial charge in [0, 0.05) is 6.07 Å². The molecular weight excluding hydrogens is 190 g/mol. The van der Waals surface area contributed by atoms with Crippen LogP contribution < -0.4 is 0 Å². The highest BCUT2D eigenvalue weighted by Crippen LogP contribution is 2.21. The molecule has 12 heavy (non-hydrogen) atoms. The third-order valence-electron chi connectivity index (χ3n) is 1.20. The molecule has 3 nitrogen and oxygen atoms in total. The average Bonchev–Trinajstić information content (AvgIpc) is 1.92. The maximum atomic E-state index is 12.3. The fraction of sp³-hybridized carbons (Fsp3) is 0. The van der Waals surface area contributed by atoms with Gasteiger partial charge in [-0.2, -0.15) is 8.42 Å². The Morgan fingerprint density at radius 1 is 1.33 bits per heavy atom. The Morgan fingerprint density at radius 3 is 2.33 bits per heavy atom. The van der Waals surface area contributed by atoms with E-state index in [-0.39, 0.29) is 0 Å². The number of rotatable bonds is 1. The second kappa shape index (κ2) is 2.71. The van der Waals surface area contributed by atoms with E-state index < -0.39 is 26.7 Å². The Bertz CT molecular complexity index is 399. The van der Waals surface area contributed by atoms with Crippen LogP contribution in [0.1, 0.15) is 0 Å². The zero-order valence-corrected chi connectivity index (χ0v) is 6.48. The summed E-state index contributed by atoms with van der Waals surface area (Å²) in [5.41, 5.74) is 0. The number of hydrogen-bond donors (Lipinski definition) is 1. The van der Waals surface area contributed by atoms with Gasteiger partial charge < -0.3 is 5.11 Å². The molecule has 0 bridgehead atoms. The largest absolute Gasteiger partial charge is 0.505 e. The number of aromatic hydroxyl groups is 1. The van der Waals surface area contributed by atoms with Gasteiger partial charge in [0.25, 0.3) is 0 Å². The van der Waals surface area contributed by atoms with Crippen molar-refractivity contribution in [3.8, 4) is 5.75 Å². The predicted molar refractivity (Wildman–Crippen MR) is 36.4 cm³/mol. The first-order chi connectivity index (χ1) is 5.41. The van der Waals surface area contributed by atoms with E-state index in [1.165, 1.54) is 0 Å². The van der Waals surface area contributed by atoms with E-state index in [4.69, 9.17) is 5.11 Å². The zero-order valence-electron chi connectivity index (χ0n) is 5.66. The fourth-order valence-electron chi connectivity index (χ4n) is 0.644. The van der Waals surface area contributed by atoms with Crippen LogP contribution in [0, 0.1) is 5.82 Å². The number of phenolic OH excluding ortho intramolecular Hbond substituents is 1. The molecule has 0 spiro atoms. The molecule has 66 valence electrons. The van der Waals surface area contributed by atoms with Crippen molar-refractivity contribution in [2.75, 3.05) is 0 Å². The van der Waals surface area contributed by atoms with E-state index in [1.807, 2.05) is 0 Å². The molecule has 0 aliphatic rings. The van der Waals surface area contributed by atoms with Gasteiger partial charge in [0.1, 0.15) is 4.90 Å². The molecule has 1 N–H and O–H groups in total. The van der Waals surface area contributed by atoms with Crippen LogP contribution in [0.2, 0.25) is 0 Å². The minimum absolute atomic E-state index is 0.505. The molecule has 0 aliphatic heterocycles. The van der Waals surface area contributed by atoms with E-state index in [0.29, 0.717) is 12.1 Å². The first kappa shape index (κ1) is 8.92. The van der Waals surface area contributed by atoms with E-state index in [9.17, 15) is 16.7 Å². The number of halogens is 2. The molecule has 6 heteroatoms. The maximum Gasteiger partial charge on any atom is 0.332 e. The molecule has 1 aromatic carbocycles. The lowest BCUT2D eigenvalue weighted by Crippen LogP contribution is -1.91. The second-order valence-electron chi connectivity index (χ2n) is 2.05. The van der Waals surface area contributed by atoms with Crippen molar-refractivity contribution in [1.82, 2.24) is 0 Å². The van der Waals surface area contributed by atoms with Crippen LogP contribution in [-0.2, 0) is 10.2 Å². The lowest BCUT2D eigenvalue weighted by molar-refractivity contribution is 0.430. The van der Waals surface area contributed by atoms with Crippen LogP contribution in [0.5, 0.6) is 5.75 Å². The number of benzene rings is 1. The molecular formula is C6H4F2O3S. The minimum atomic E-state index is -4.87. The quantitative estimate of drug-likeness (QED) is 0.683. The summed E-state index contributed by atoms with van der Waals surface area (Å²) in [4.78, 5) is -0.763. The normalized spacial score (nSPS) is 11.5. The highest BCUT2D eigenvalue weighted by molar-refractivity contribution is 7.86. The Hall–Kier alpha value is -1.17. The summed E-state index contributed by atoms with van der Waals surface area (Å²) < 4.78 is 44.9. The highest BCUT2D eigenvalue weighted by Gasteiger charge is 2.13. The summed E-state index contributed by atoms with van der Waals surface area (Å²) in [6.45, 7) is 0. The number of phenols is 1.